The number of halogens is 3. The number of aromatic nitrogens is 2. The van der Waals surface area contributed by atoms with Crippen molar-refractivity contribution in [1.29, 1.82) is 0 Å². The summed E-state index contributed by atoms with van der Waals surface area (Å²) in [6, 6.07) is 19.6. The van der Waals surface area contributed by atoms with Crippen LogP contribution in [0.4, 0.5) is 13.2 Å². The molecule has 9 nitrogen and oxygen atoms in total. The highest BCUT2D eigenvalue weighted by atomic mass is 32.1. The van der Waals surface area contributed by atoms with Gasteiger partial charge in [0.1, 0.15) is 16.4 Å². The minimum atomic E-state index is -4.47. The third kappa shape index (κ3) is 8.47. The van der Waals surface area contributed by atoms with E-state index in [0.29, 0.717) is 23.6 Å². The number of hydrogen-bond donors (Lipinski definition) is 3. The van der Waals surface area contributed by atoms with Crippen molar-refractivity contribution in [1.82, 2.24) is 25.5 Å². The fourth-order valence-corrected chi connectivity index (χ4v) is 6.97. The lowest BCUT2D eigenvalue weighted by Crippen LogP contribution is -2.48. The van der Waals surface area contributed by atoms with Crippen LogP contribution in [0.15, 0.2) is 94.9 Å². The van der Waals surface area contributed by atoms with Gasteiger partial charge in [-0.3, -0.25) is 9.59 Å². The van der Waals surface area contributed by atoms with Crippen LogP contribution < -0.4 is 10.6 Å². The second kappa shape index (κ2) is 15.4. The van der Waals surface area contributed by atoms with Gasteiger partial charge in [-0.1, -0.05) is 48.5 Å². The zero-order valence-electron chi connectivity index (χ0n) is 27.2. The van der Waals surface area contributed by atoms with Crippen LogP contribution in [0.1, 0.15) is 67.1 Å². The summed E-state index contributed by atoms with van der Waals surface area (Å²) in [6.07, 6.45) is -2.27. The Kier molecular flexibility index (Phi) is 10.8. The molecule has 0 saturated carbocycles. The largest absolute Gasteiger partial charge is 0.463 e. The number of nitrogens with one attached hydrogen (secondary N) is 2. The topological polar surface area (TPSA) is 121 Å². The molecule has 3 atom stereocenters. The first-order valence-electron chi connectivity index (χ1n) is 16.2. The number of pyridine rings is 1. The van der Waals surface area contributed by atoms with Crippen molar-refractivity contribution in [3.05, 3.63) is 129 Å². The van der Waals surface area contributed by atoms with Gasteiger partial charge in [0.05, 0.1) is 30.0 Å². The summed E-state index contributed by atoms with van der Waals surface area (Å²) in [5.74, 6) is -0.495. The van der Waals surface area contributed by atoms with E-state index in [9.17, 15) is 27.9 Å². The predicted octanol–water partition coefficient (Wildman–Crippen LogP) is 6.59. The fraction of sp³-hybridized carbons (Fsp3) is 0.297. The van der Waals surface area contributed by atoms with E-state index in [1.165, 1.54) is 35.8 Å². The lowest BCUT2D eigenvalue weighted by atomic mass is 10.00. The highest BCUT2D eigenvalue weighted by Crippen LogP contribution is 2.35. The van der Waals surface area contributed by atoms with E-state index in [2.05, 4.69) is 20.6 Å². The summed E-state index contributed by atoms with van der Waals surface area (Å²) in [5, 5.41) is 20.1. The molecule has 5 aromatic rings. The summed E-state index contributed by atoms with van der Waals surface area (Å²) in [7, 11) is 0. The lowest BCUT2D eigenvalue weighted by Gasteiger charge is -2.25. The molecular formula is C37H36F3N5O4S. The van der Waals surface area contributed by atoms with Crippen LogP contribution in [0.5, 0.6) is 0 Å². The van der Waals surface area contributed by atoms with Crippen molar-refractivity contribution in [3.8, 4) is 11.5 Å². The van der Waals surface area contributed by atoms with Crippen LogP contribution in [0, 0.1) is 6.92 Å². The second-order valence-electron chi connectivity index (χ2n) is 12.3. The van der Waals surface area contributed by atoms with Crippen molar-refractivity contribution in [3.63, 3.8) is 0 Å². The maximum Gasteiger partial charge on any atom is 0.416 e. The quantitative estimate of drug-likeness (QED) is 0.134. The van der Waals surface area contributed by atoms with Crippen LogP contribution in [0.2, 0.25) is 0 Å². The molecule has 1 fully saturated rings. The number of aryl methyl sites for hydroxylation is 1. The molecule has 2 amide bonds. The maximum absolute atomic E-state index is 14.0. The number of alkyl halides is 3. The molecule has 50 heavy (non-hydrogen) atoms. The highest BCUT2D eigenvalue weighted by Gasteiger charge is 2.34. The number of furan rings is 1. The third-order valence-electron chi connectivity index (χ3n) is 8.53. The molecule has 3 aromatic heterocycles. The standard InChI is InChI=1S/C37H36F3N5O4S/c1-23-22-50-35(42-23)31-12-6-14-45(31)36(48)30-19-26(18-29(43-30)33-13-7-15-49-33)34(47)44-28(17-24-8-3-2-4-9-24)32(46)21-41-20-25-10-5-11-27(16-25)37(38,39)40/h2-5,7-11,13,15-16,18-19,22,28,31-32,41,46H,6,12,14,17,20-21H2,1H3,(H,44,47). The van der Waals surface area contributed by atoms with Gasteiger partial charge in [-0.25, -0.2) is 9.97 Å². The normalized spacial score (nSPS) is 15.9. The van der Waals surface area contributed by atoms with Gasteiger partial charge in [0.25, 0.3) is 11.8 Å². The summed E-state index contributed by atoms with van der Waals surface area (Å²) in [6.45, 7) is 2.50. The van der Waals surface area contributed by atoms with Crippen LogP contribution >= 0.6 is 11.3 Å². The number of carbonyl (C=O) groups is 2. The van der Waals surface area contributed by atoms with Gasteiger partial charge in [-0.15, -0.1) is 11.3 Å². The minimum Gasteiger partial charge on any atom is -0.463 e. The average Bonchev–Trinajstić information content (AvgIpc) is 3.90. The average molecular weight is 704 g/mol. The molecule has 6 rings (SSSR count). The van der Waals surface area contributed by atoms with E-state index >= 15 is 0 Å². The molecule has 1 aliphatic heterocycles. The van der Waals surface area contributed by atoms with E-state index in [4.69, 9.17) is 4.42 Å². The van der Waals surface area contributed by atoms with Gasteiger partial charge in [-0.2, -0.15) is 13.2 Å². The molecule has 2 aromatic carbocycles. The number of rotatable bonds is 12. The monoisotopic (exact) mass is 703 g/mol. The molecule has 1 aliphatic rings. The Morgan fingerprint density at radius 3 is 2.56 bits per heavy atom. The molecule has 3 unspecified atom stereocenters. The fourth-order valence-electron chi connectivity index (χ4n) is 6.03. The number of aliphatic hydroxyl groups excluding tert-OH is 1. The van der Waals surface area contributed by atoms with Crippen LogP contribution in [0.25, 0.3) is 11.5 Å². The maximum atomic E-state index is 14.0. The third-order valence-corrected chi connectivity index (χ3v) is 9.60. The number of thiazole rings is 1. The molecule has 1 saturated heterocycles. The zero-order valence-corrected chi connectivity index (χ0v) is 28.0. The molecule has 4 heterocycles. The van der Waals surface area contributed by atoms with Crippen molar-refractivity contribution in [2.75, 3.05) is 13.1 Å². The molecule has 0 bridgehead atoms. The Bertz CT molecular complexity index is 1920. The molecule has 0 aliphatic carbocycles. The Morgan fingerprint density at radius 1 is 1.04 bits per heavy atom. The first kappa shape index (κ1) is 35.0. The Labute approximate surface area is 291 Å². The smallest absolute Gasteiger partial charge is 0.416 e. The van der Waals surface area contributed by atoms with E-state index < -0.39 is 29.8 Å². The van der Waals surface area contributed by atoms with Crippen molar-refractivity contribution in [2.45, 2.75) is 57.1 Å². The first-order valence-corrected chi connectivity index (χ1v) is 17.1. The second-order valence-corrected chi connectivity index (χ2v) is 13.1. The van der Waals surface area contributed by atoms with Gasteiger partial charge >= 0.3 is 6.18 Å². The molecule has 3 N–H and O–H groups in total. The minimum absolute atomic E-state index is 0.0155. The van der Waals surface area contributed by atoms with E-state index in [0.717, 1.165) is 41.2 Å². The molecular weight excluding hydrogens is 667 g/mol. The van der Waals surface area contributed by atoms with Crippen LogP contribution in [-0.4, -0.2) is 57.0 Å². The van der Waals surface area contributed by atoms with Gasteiger partial charge in [-0.05, 0) is 67.6 Å². The van der Waals surface area contributed by atoms with E-state index in [-0.39, 0.29) is 42.7 Å². The number of likely N-dealkylation sites (tertiary alicyclic amines) is 1. The van der Waals surface area contributed by atoms with E-state index in [1.54, 1.807) is 23.1 Å². The first-order chi connectivity index (χ1) is 24.0. The number of nitrogens with zero attached hydrogens (tertiary/aromatic N) is 3. The number of carbonyl (C=O) groups excluding carboxylic acids is 2. The number of aliphatic hydroxyl groups is 1. The Balaban J connectivity index is 1.23. The number of amides is 2. The van der Waals surface area contributed by atoms with Gasteiger partial charge < -0.3 is 25.1 Å². The van der Waals surface area contributed by atoms with Crippen molar-refractivity contribution in [2.24, 2.45) is 0 Å². The summed E-state index contributed by atoms with van der Waals surface area (Å²) >= 11 is 1.51. The SMILES string of the molecule is Cc1csc(C2CCCN2C(=O)c2cc(C(=O)NC(Cc3ccccc3)C(O)CNCc3cccc(C(F)(F)F)c3)cc(-c3ccco3)n2)n1. The van der Waals surface area contributed by atoms with Gasteiger partial charge in [0, 0.05) is 36.3 Å². The molecule has 13 heteroatoms. The summed E-state index contributed by atoms with van der Waals surface area (Å²) in [5.41, 5.74) is 1.92. The van der Waals surface area contributed by atoms with Gasteiger partial charge in [0.2, 0.25) is 0 Å². The lowest BCUT2D eigenvalue weighted by molar-refractivity contribution is -0.137. The van der Waals surface area contributed by atoms with E-state index in [1.807, 2.05) is 42.6 Å². The predicted molar refractivity (Wildman–Crippen MR) is 182 cm³/mol. The summed E-state index contributed by atoms with van der Waals surface area (Å²) in [4.78, 5) is 38.9. The molecule has 0 spiro atoms. The van der Waals surface area contributed by atoms with Crippen molar-refractivity contribution < 1.29 is 32.3 Å². The molecule has 0 radical (unpaired) electrons. The Morgan fingerprint density at radius 2 is 1.84 bits per heavy atom. The van der Waals surface area contributed by atoms with Crippen LogP contribution in [-0.2, 0) is 19.1 Å². The molecule has 260 valence electrons. The zero-order chi connectivity index (χ0) is 35.3. The van der Waals surface area contributed by atoms with Crippen molar-refractivity contribution >= 4 is 23.2 Å². The Hall–Kier alpha value is -4.85. The van der Waals surface area contributed by atoms with Crippen LogP contribution in [0.3, 0.4) is 0 Å². The number of hydrogen-bond acceptors (Lipinski definition) is 8. The van der Waals surface area contributed by atoms with Gasteiger partial charge in [0.15, 0.2) is 5.76 Å². The highest BCUT2D eigenvalue weighted by molar-refractivity contribution is 7.09. The number of benzene rings is 2. The summed E-state index contributed by atoms with van der Waals surface area (Å²) < 4.78 is 45.2.